The number of methoxy groups -OCH3 is 2. The maximum absolute atomic E-state index is 11.6. The van der Waals surface area contributed by atoms with E-state index in [9.17, 15) is 4.79 Å². The molecule has 0 aromatic heterocycles. The molecule has 2 aromatic rings. The minimum Gasteiger partial charge on any atom is -0.494 e. The van der Waals surface area contributed by atoms with Crippen LogP contribution in [0, 0.1) is 0 Å². The molecular formula is C20H24O5. The van der Waals surface area contributed by atoms with Crippen molar-refractivity contribution in [1.29, 1.82) is 0 Å². The molecule has 0 amide bonds. The van der Waals surface area contributed by atoms with Gasteiger partial charge in [-0.2, -0.15) is 0 Å². The Morgan fingerprint density at radius 2 is 1.68 bits per heavy atom. The van der Waals surface area contributed by atoms with Crippen LogP contribution in [0.4, 0.5) is 0 Å². The van der Waals surface area contributed by atoms with Crippen molar-refractivity contribution in [1.82, 2.24) is 0 Å². The predicted molar refractivity (Wildman–Crippen MR) is 95.8 cm³/mol. The van der Waals surface area contributed by atoms with E-state index in [0.717, 1.165) is 30.1 Å². The van der Waals surface area contributed by atoms with Crippen LogP contribution >= 0.6 is 0 Å². The molecule has 0 radical (unpaired) electrons. The van der Waals surface area contributed by atoms with Crippen LogP contribution in [0.3, 0.4) is 0 Å². The number of carbonyl (C=O) groups is 1. The second-order valence-electron chi connectivity index (χ2n) is 5.39. The lowest BCUT2D eigenvalue weighted by Crippen LogP contribution is -2.04. The number of hydrogen-bond donors (Lipinski definition) is 0. The van der Waals surface area contributed by atoms with E-state index in [2.05, 4.69) is 0 Å². The zero-order valence-electron chi connectivity index (χ0n) is 14.9. The van der Waals surface area contributed by atoms with Gasteiger partial charge in [-0.3, -0.25) is 0 Å². The van der Waals surface area contributed by atoms with E-state index in [1.54, 1.807) is 45.4 Å². The van der Waals surface area contributed by atoms with Crippen molar-refractivity contribution in [3.63, 3.8) is 0 Å². The lowest BCUT2D eigenvalue weighted by Gasteiger charge is -2.10. The molecule has 5 nitrogen and oxygen atoms in total. The number of hydrogen-bond acceptors (Lipinski definition) is 5. The maximum Gasteiger partial charge on any atom is 0.338 e. The van der Waals surface area contributed by atoms with Crippen molar-refractivity contribution in [3.8, 4) is 17.2 Å². The van der Waals surface area contributed by atoms with E-state index in [1.807, 2.05) is 18.2 Å². The standard InChI is InChI=1S/C20H24O5/c1-4-24-20(21)16-8-10-17(11-9-16)25-13-5-6-15-7-12-18(22-2)19(14-15)23-3/h7-12,14H,4-6,13H2,1-3H3. The quantitative estimate of drug-likeness (QED) is 0.510. The topological polar surface area (TPSA) is 54.0 Å². The number of aryl methyl sites for hydroxylation is 1. The molecule has 0 atom stereocenters. The molecule has 0 saturated heterocycles. The molecule has 0 bridgehead atoms. The number of benzene rings is 2. The van der Waals surface area contributed by atoms with Gasteiger partial charge in [0.25, 0.3) is 0 Å². The van der Waals surface area contributed by atoms with Crippen LogP contribution in [-0.2, 0) is 11.2 Å². The number of carbonyl (C=O) groups excluding carboxylic acids is 1. The largest absolute Gasteiger partial charge is 0.494 e. The Hall–Kier alpha value is -2.69. The number of ether oxygens (including phenoxy) is 4. The molecule has 0 fully saturated rings. The highest BCUT2D eigenvalue weighted by molar-refractivity contribution is 5.89. The summed E-state index contributed by atoms with van der Waals surface area (Å²) >= 11 is 0. The Kier molecular flexibility index (Phi) is 7.14. The second kappa shape index (κ2) is 9.57. The third-order valence-corrected chi connectivity index (χ3v) is 3.69. The fourth-order valence-corrected chi connectivity index (χ4v) is 2.40. The van der Waals surface area contributed by atoms with Crippen LogP contribution in [0.5, 0.6) is 17.2 Å². The molecule has 0 saturated carbocycles. The van der Waals surface area contributed by atoms with Crippen molar-refractivity contribution in [2.75, 3.05) is 27.4 Å². The molecule has 0 aliphatic heterocycles. The van der Waals surface area contributed by atoms with Crippen molar-refractivity contribution in [2.45, 2.75) is 19.8 Å². The Morgan fingerprint density at radius 3 is 2.32 bits per heavy atom. The molecule has 25 heavy (non-hydrogen) atoms. The first-order valence-electron chi connectivity index (χ1n) is 8.28. The van der Waals surface area contributed by atoms with Crippen molar-refractivity contribution in [2.24, 2.45) is 0 Å². The molecular weight excluding hydrogens is 320 g/mol. The normalized spacial score (nSPS) is 10.2. The molecule has 2 aromatic carbocycles. The summed E-state index contributed by atoms with van der Waals surface area (Å²) in [4.78, 5) is 11.6. The molecule has 0 spiro atoms. The summed E-state index contributed by atoms with van der Waals surface area (Å²) in [5, 5.41) is 0. The number of rotatable bonds is 9. The van der Waals surface area contributed by atoms with Gasteiger partial charge in [-0.05, 0) is 61.7 Å². The van der Waals surface area contributed by atoms with Crippen LogP contribution in [0.15, 0.2) is 42.5 Å². The van der Waals surface area contributed by atoms with Gasteiger partial charge in [-0.25, -0.2) is 4.79 Å². The summed E-state index contributed by atoms with van der Waals surface area (Å²) in [5.74, 6) is 1.88. The van der Waals surface area contributed by atoms with Crippen molar-refractivity contribution >= 4 is 5.97 Å². The van der Waals surface area contributed by atoms with Gasteiger partial charge in [0.15, 0.2) is 11.5 Å². The lowest BCUT2D eigenvalue weighted by molar-refractivity contribution is 0.0526. The van der Waals surface area contributed by atoms with Crippen LogP contribution in [0.1, 0.15) is 29.3 Å². The zero-order valence-corrected chi connectivity index (χ0v) is 14.9. The average Bonchev–Trinajstić information content (AvgIpc) is 2.65. The van der Waals surface area contributed by atoms with Gasteiger partial charge in [-0.1, -0.05) is 6.07 Å². The minimum absolute atomic E-state index is 0.317. The Labute approximate surface area is 148 Å². The SMILES string of the molecule is CCOC(=O)c1ccc(OCCCc2ccc(OC)c(OC)c2)cc1. The van der Waals surface area contributed by atoms with E-state index in [-0.39, 0.29) is 5.97 Å². The molecule has 0 heterocycles. The molecule has 2 rings (SSSR count). The van der Waals surface area contributed by atoms with Crippen molar-refractivity contribution in [3.05, 3.63) is 53.6 Å². The monoisotopic (exact) mass is 344 g/mol. The highest BCUT2D eigenvalue weighted by Crippen LogP contribution is 2.28. The molecule has 134 valence electrons. The first-order chi connectivity index (χ1) is 12.2. The van der Waals surface area contributed by atoms with E-state index < -0.39 is 0 Å². The summed E-state index contributed by atoms with van der Waals surface area (Å²) < 4.78 is 21.2. The third kappa shape index (κ3) is 5.41. The van der Waals surface area contributed by atoms with Gasteiger partial charge in [0.2, 0.25) is 0 Å². The predicted octanol–water partition coefficient (Wildman–Crippen LogP) is 3.89. The first-order valence-corrected chi connectivity index (χ1v) is 8.28. The Balaban J connectivity index is 1.80. The van der Waals surface area contributed by atoms with Crippen LogP contribution in [0.2, 0.25) is 0 Å². The van der Waals surface area contributed by atoms with Gasteiger partial charge in [0.05, 0.1) is 33.0 Å². The lowest BCUT2D eigenvalue weighted by atomic mass is 10.1. The second-order valence-corrected chi connectivity index (χ2v) is 5.39. The fraction of sp³-hybridized carbons (Fsp3) is 0.350. The van der Waals surface area contributed by atoms with E-state index in [0.29, 0.717) is 18.8 Å². The highest BCUT2D eigenvalue weighted by atomic mass is 16.5. The molecule has 0 aliphatic carbocycles. The van der Waals surface area contributed by atoms with E-state index in [4.69, 9.17) is 18.9 Å². The van der Waals surface area contributed by atoms with Crippen LogP contribution in [-0.4, -0.2) is 33.4 Å². The van der Waals surface area contributed by atoms with E-state index >= 15 is 0 Å². The zero-order chi connectivity index (χ0) is 18.1. The van der Waals surface area contributed by atoms with Gasteiger partial charge >= 0.3 is 5.97 Å². The van der Waals surface area contributed by atoms with Crippen LogP contribution < -0.4 is 14.2 Å². The molecule has 5 heteroatoms. The minimum atomic E-state index is -0.317. The maximum atomic E-state index is 11.6. The smallest absolute Gasteiger partial charge is 0.338 e. The average molecular weight is 344 g/mol. The summed E-state index contributed by atoms with van der Waals surface area (Å²) in [7, 11) is 3.25. The Bertz CT molecular complexity index is 679. The molecule has 0 unspecified atom stereocenters. The summed E-state index contributed by atoms with van der Waals surface area (Å²) in [6.07, 6.45) is 1.75. The highest BCUT2D eigenvalue weighted by Gasteiger charge is 2.06. The van der Waals surface area contributed by atoms with Crippen molar-refractivity contribution < 1.29 is 23.7 Å². The van der Waals surface area contributed by atoms with Crippen LogP contribution in [0.25, 0.3) is 0 Å². The molecule has 0 N–H and O–H groups in total. The van der Waals surface area contributed by atoms with E-state index in [1.165, 1.54) is 5.56 Å². The first kappa shape index (κ1) is 18.6. The summed E-state index contributed by atoms with van der Waals surface area (Å²) in [5.41, 5.74) is 1.69. The van der Waals surface area contributed by atoms with Gasteiger partial charge in [0, 0.05) is 0 Å². The van der Waals surface area contributed by atoms with Gasteiger partial charge in [-0.15, -0.1) is 0 Å². The molecule has 0 aliphatic rings. The summed E-state index contributed by atoms with van der Waals surface area (Å²) in [6, 6.07) is 12.9. The fourth-order valence-electron chi connectivity index (χ4n) is 2.40. The van der Waals surface area contributed by atoms with Gasteiger partial charge in [0.1, 0.15) is 5.75 Å². The third-order valence-electron chi connectivity index (χ3n) is 3.69. The number of esters is 1. The Morgan fingerprint density at radius 1 is 0.960 bits per heavy atom. The van der Waals surface area contributed by atoms with Gasteiger partial charge < -0.3 is 18.9 Å². The summed E-state index contributed by atoms with van der Waals surface area (Å²) in [6.45, 7) is 2.74.